The van der Waals surface area contributed by atoms with Crippen LogP contribution in [0.3, 0.4) is 0 Å². The predicted molar refractivity (Wildman–Crippen MR) is 108 cm³/mol. The van der Waals surface area contributed by atoms with Crippen LogP contribution >= 0.6 is 0 Å². The summed E-state index contributed by atoms with van der Waals surface area (Å²) in [7, 11) is -0.258. The van der Waals surface area contributed by atoms with Crippen LogP contribution in [0.5, 0.6) is 0 Å². The molecule has 0 amide bonds. The number of halogens is 1. The van der Waals surface area contributed by atoms with E-state index in [1.165, 1.54) is 29.2 Å². The van der Waals surface area contributed by atoms with E-state index in [0.29, 0.717) is 5.92 Å². The molecule has 1 aromatic rings. The van der Waals surface area contributed by atoms with Gasteiger partial charge in [-0.15, -0.1) is 0 Å². The summed E-state index contributed by atoms with van der Waals surface area (Å²) in [5, 5.41) is 10.6. The average molecular weight is 495 g/mol. The van der Waals surface area contributed by atoms with E-state index in [0.717, 1.165) is 16.3 Å². The van der Waals surface area contributed by atoms with Gasteiger partial charge in [-0.05, 0) is 0 Å². The third kappa shape index (κ3) is 2.79. The van der Waals surface area contributed by atoms with Gasteiger partial charge in [0, 0.05) is 0 Å². The second-order valence-electron chi connectivity index (χ2n) is 10.6. The van der Waals surface area contributed by atoms with Gasteiger partial charge in [-0.3, -0.25) is 0 Å². The number of aliphatic hydroxyl groups is 1. The summed E-state index contributed by atoms with van der Waals surface area (Å²) in [6.45, 7) is 10.9. The quantitative estimate of drug-likeness (QED) is 0.353. The van der Waals surface area contributed by atoms with Gasteiger partial charge >= 0.3 is 181 Å². The number of hydrogen-bond acceptors (Lipinski definition) is 3. The van der Waals surface area contributed by atoms with E-state index in [2.05, 4.69) is 52.8 Å². The topological polar surface area (TPSA) is 38.7 Å². The zero-order chi connectivity index (χ0) is 19.9. The molecule has 2 aliphatic heterocycles. The van der Waals surface area contributed by atoms with Crippen molar-refractivity contribution >= 4 is 12.6 Å². The third-order valence-electron chi connectivity index (χ3n) is 8.61. The molecule has 0 spiro atoms. The normalized spacial score (nSPS) is 41.0. The standard InChI is InChI=1S/C23H33BIO3/c1-21(2)22(3,4)28-24(27-21)15-6-7-16-14(12-15)13-25-20-17(16)10-11-23(5)18(20)8-9-19(23)26/h6-7,12,17-20,26H,8-11,13H2,1-5H3/q-1/t17-,18+,19+,20-,23+/m1/s1. The van der Waals surface area contributed by atoms with Crippen LogP contribution in [0.2, 0.25) is 0 Å². The van der Waals surface area contributed by atoms with Crippen molar-refractivity contribution in [3.05, 3.63) is 29.3 Å². The van der Waals surface area contributed by atoms with Crippen molar-refractivity contribution in [3.8, 4) is 0 Å². The van der Waals surface area contributed by atoms with E-state index >= 15 is 0 Å². The molecule has 1 aromatic carbocycles. The molecule has 5 heteroatoms. The van der Waals surface area contributed by atoms with Crippen molar-refractivity contribution in [2.24, 2.45) is 11.3 Å². The van der Waals surface area contributed by atoms with Gasteiger partial charge in [-0.2, -0.15) is 0 Å². The van der Waals surface area contributed by atoms with Crippen molar-refractivity contribution in [1.82, 2.24) is 0 Å². The number of fused-ring (bicyclic) bond motifs is 5. The molecular weight excluding hydrogens is 462 g/mol. The Balaban J connectivity index is 1.42. The van der Waals surface area contributed by atoms with Crippen LogP contribution in [0.15, 0.2) is 18.2 Å². The summed E-state index contributed by atoms with van der Waals surface area (Å²) >= 11 is 0.122. The van der Waals surface area contributed by atoms with Crippen LogP contribution in [-0.2, 0) is 13.7 Å². The molecule has 154 valence electrons. The van der Waals surface area contributed by atoms with Gasteiger partial charge in [0.25, 0.3) is 0 Å². The van der Waals surface area contributed by atoms with Crippen molar-refractivity contribution in [3.63, 3.8) is 0 Å². The summed E-state index contributed by atoms with van der Waals surface area (Å²) in [5.74, 6) is 1.46. The van der Waals surface area contributed by atoms with E-state index < -0.39 is 0 Å². The van der Waals surface area contributed by atoms with E-state index in [9.17, 15) is 5.11 Å². The number of hydrogen-bond donors (Lipinski definition) is 1. The Hall–Kier alpha value is -0.105. The molecule has 5 atom stereocenters. The minimum absolute atomic E-state index is 0.0744. The fourth-order valence-corrected chi connectivity index (χ4v) is 10.8. The van der Waals surface area contributed by atoms with Crippen LogP contribution in [-0.4, -0.2) is 33.5 Å². The Morgan fingerprint density at radius 1 is 1.04 bits per heavy atom. The van der Waals surface area contributed by atoms with Gasteiger partial charge in [0.15, 0.2) is 0 Å². The predicted octanol–water partition coefficient (Wildman–Crippen LogP) is 0.612. The van der Waals surface area contributed by atoms with E-state index in [4.69, 9.17) is 9.31 Å². The first-order chi connectivity index (χ1) is 13.1. The summed E-state index contributed by atoms with van der Waals surface area (Å²) in [4.78, 5) is 0. The molecule has 1 saturated heterocycles. The molecule has 0 aromatic heterocycles. The van der Waals surface area contributed by atoms with Crippen molar-refractivity contribution < 1.29 is 35.6 Å². The van der Waals surface area contributed by atoms with Crippen molar-refractivity contribution in [2.75, 3.05) is 0 Å². The molecule has 4 aliphatic rings. The Kier molecular flexibility index (Phi) is 4.57. The Labute approximate surface area is 180 Å². The molecule has 2 saturated carbocycles. The van der Waals surface area contributed by atoms with Crippen molar-refractivity contribution in [1.29, 1.82) is 0 Å². The molecule has 0 bridgehead atoms. The number of rotatable bonds is 1. The second-order valence-corrected chi connectivity index (χ2v) is 13.7. The van der Waals surface area contributed by atoms with Gasteiger partial charge in [-0.25, -0.2) is 0 Å². The maximum absolute atomic E-state index is 10.6. The zero-order valence-electron chi connectivity index (χ0n) is 17.8. The number of aliphatic hydroxyl groups excluding tert-OH is 1. The minimum atomic E-state index is -0.289. The molecule has 2 heterocycles. The maximum atomic E-state index is 10.6. The first-order valence-corrected chi connectivity index (χ1v) is 13.6. The molecule has 5 rings (SSSR count). The molecular formula is C23H33BIO3-. The van der Waals surface area contributed by atoms with Gasteiger partial charge in [0.05, 0.1) is 0 Å². The molecule has 0 radical (unpaired) electrons. The molecule has 0 unspecified atom stereocenters. The Bertz CT molecular complexity index is 778. The van der Waals surface area contributed by atoms with Gasteiger partial charge in [-0.1, -0.05) is 0 Å². The summed E-state index contributed by atoms with van der Waals surface area (Å²) in [5.41, 5.74) is 3.91. The summed E-state index contributed by atoms with van der Waals surface area (Å²) in [6.07, 6.45) is 4.61. The summed E-state index contributed by atoms with van der Waals surface area (Å²) in [6, 6.07) is 7.01. The third-order valence-corrected chi connectivity index (χ3v) is 12.6. The molecule has 2 aliphatic carbocycles. The Morgan fingerprint density at radius 3 is 2.46 bits per heavy atom. The first-order valence-electron chi connectivity index (χ1n) is 10.9. The number of benzene rings is 1. The van der Waals surface area contributed by atoms with Crippen LogP contribution in [0.25, 0.3) is 0 Å². The second kappa shape index (κ2) is 6.45. The fourth-order valence-electron chi connectivity index (χ4n) is 5.97. The Morgan fingerprint density at radius 2 is 1.75 bits per heavy atom. The zero-order valence-corrected chi connectivity index (χ0v) is 20.0. The first kappa shape index (κ1) is 19.8. The molecule has 28 heavy (non-hydrogen) atoms. The SMILES string of the molecule is CC1(C)OB(c2ccc3c(c2)C[I-][C@@H]2[C@@H]3CC[C@]3(C)[C@@H](O)CC[C@@H]23)OC1(C)C. The van der Waals surface area contributed by atoms with Crippen LogP contribution < -0.4 is 26.7 Å². The van der Waals surface area contributed by atoms with Crippen molar-refractivity contribution in [2.45, 2.75) is 91.9 Å². The van der Waals surface area contributed by atoms with E-state index in [1.807, 2.05) is 0 Å². The molecule has 3 fully saturated rings. The van der Waals surface area contributed by atoms with Crippen LogP contribution in [0.1, 0.15) is 77.3 Å². The monoisotopic (exact) mass is 495 g/mol. The van der Waals surface area contributed by atoms with E-state index in [-0.39, 0.29) is 51.0 Å². The van der Waals surface area contributed by atoms with Crippen LogP contribution in [0.4, 0.5) is 0 Å². The van der Waals surface area contributed by atoms with Gasteiger partial charge in [0.1, 0.15) is 0 Å². The van der Waals surface area contributed by atoms with Gasteiger partial charge < -0.3 is 0 Å². The van der Waals surface area contributed by atoms with Crippen LogP contribution in [0, 0.1) is 11.3 Å². The summed E-state index contributed by atoms with van der Waals surface area (Å²) < 4.78 is 14.7. The average Bonchev–Trinajstić information content (AvgIpc) is 3.06. The fraction of sp³-hybridized carbons (Fsp3) is 0.739. The molecule has 1 N–H and O–H groups in total. The van der Waals surface area contributed by atoms with Gasteiger partial charge in [0.2, 0.25) is 0 Å². The molecule has 3 nitrogen and oxygen atoms in total. The number of alkyl halides is 2. The van der Waals surface area contributed by atoms with E-state index in [1.54, 1.807) is 11.1 Å².